The number of aliphatic carboxylic acids is 1. The molecule has 328 valence electrons. The third-order valence-corrected chi connectivity index (χ3v) is 27.2. The Hall–Kier alpha value is -1.41. The minimum absolute atomic E-state index is 0.0324. The van der Waals surface area contributed by atoms with Crippen LogP contribution in [0.1, 0.15) is 141 Å². The number of allylic oxidation sites excluding steroid dienone is 1. The SMILES string of the molecule is CC[C@@H](C(=O)C(C)(C)[C@H](CC(=O)O)O[Si](C)(C)C(C)(C)C)[C@@H](O[Si](C)(C)C(C)(C)C)[C@@H](C)CCC/C(C)=C/C[C@H](O[Si](C)(C)C(C)(C)C)/C(Cl)=C\c1ccccn1. The standard InChI is InChI=1S/C46H84ClNO6Si3/c1-21-36(42(51)46(13,14)39(32-40(49)50)53-56(17,18)44(7,8)9)41(54-57(19,20)45(10,11)12)34(3)26-24-25-33(2)28-29-38(52-55(15,16)43(4,5)6)37(47)31-35-27-22-23-30-48-35/h22-23,27-28,30-31,34,36,38-39,41H,21,24-26,29,32H2,1-20H3,(H,49,50)/b33-28+,37-31+/t34-,36+,38-,39-,41-/m0/s1. The molecule has 0 spiro atoms. The first kappa shape index (κ1) is 53.6. The van der Waals surface area contributed by atoms with Crippen molar-refractivity contribution >= 4 is 54.4 Å². The van der Waals surface area contributed by atoms with Crippen molar-refractivity contribution in [1.82, 2.24) is 4.98 Å². The highest BCUT2D eigenvalue weighted by Gasteiger charge is 2.50. The number of pyridine rings is 1. The number of halogens is 1. The monoisotopic (exact) mass is 866 g/mol. The number of carboxylic acids is 1. The van der Waals surface area contributed by atoms with Crippen LogP contribution >= 0.6 is 11.6 Å². The molecule has 0 unspecified atom stereocenters. The number of ketones is 1. The number of hydrogen-bond acceptors (Lipinski definition) is 6. The first-order valence-electron chi connectivity index (χ1n) is 21.3. The molecule has 5 atom stereocenters. The van der Waals surface area contributed by atoms with Gasteiger partial charge in [-0.25, -0.2) is 0 Å². The predicted molar refractivity (Wildman–Crippen MR) is 250 cm³/mol. The Morgan fingerprint density at radius 1 is 0.842 bits per heavy atom. The lowest BCUT2D eigenvalue weighted by molar-refractivity contribution is -0.147. The van der Waals surface area contributed by atoms with Crippen LogP contribution in [0.5, 0.6) is 0 Å². The second-order valence-corrected chi connectivity index (χ2v) is 36.4. The number of carboxylic acid groups (broad SMARTS) is 1. The third kappa shape index (κ3) is 15.9. The van der Waals surface area contributed by atoms with Crippen LogP contribution in [0, 0.1) is 17.3 Å². The molecule has 1 rings (SSSR count). The maximum Gasteiger partial charge on any atom is 0.305 e. The fraction of sp³-hybridized carbons (Fsp3) is 0.761. The molecule has 0 saturated carbocycles. The Morgan fingerprint density at radius 2 is 1.35 bits per heavy atom. The average Bonchev–Trinajstić information content (AvgIpc) is 3.04. The summed E-state index contributed by atoms with van der Waals surface area (Å²) in [6.45, 7) is 43.4. The highest BCUT2D eigenvalue weighted by atomic mass is 35.5. The minimum atomic E-state index is -2.40. The van der Waals surface area contributed by atoms with E-state index in [0.29, 0.717) is 17.9 Å². The van der Waals surface area contributed by atoms with Gasteiger partial charge in [-0.05, 0) is 118 Å². The lowest BCUT2D eigenvalue weighted by atomic mass is 9.71. The molecule has 1 aromatic heterocycles. The van der Waals surface area contributed by atoms with Crippen LogP contribution in [0.2, 0.25) is 54.4 Å². The van der Waals surface area contributed by atoms with E-state index in [-0.39, 0.29) is 45.4 Å². The highest BCUT2D eigenvalue weighted by Crippen LogP contribution is 2.45. The van der Waals surface area contributed by atoms with Crippen LogP contribution < -0.4 is 0 Å². The van der Waals surface area contributed by atoms with Gasteiger partial charge in [-0.15, -0.1) is 0 Å². The predicted octanol–water partition coefficient (Wildman–Crippen LogP) is 14.1. The van der Waals surface area contributed by atoms with Crippen LogP contribution in [0.4, 0.5) is 0 Å². The van der Waals surface area contributed by atoms with Crippen molar-refractivity contribution in [3.8, 4) is 0 Å². The van der Waals surface area contributed by atoms with Crippen molar-refractivity contribution in [1.29, 1.82) is 0 Å². The van der Waals surface area contributed by atoms with E-state index in [4.69, 9.17) is 24.9 Å². The zero-order valence-electron chi connectivity index (χ0n) is 39.9. The van der Waals surface area contributed by atoms with E-state index in [1.165, 1.54) is 5.57 Å². The van der Waals surface area contributed by atoms with Crippen LogP contribution in [0.25, 0.3) is 6.08 Å². The third-order valence-electron chi connectivity index (χ3n) is 13.4. The molecule has 0 amide bonds. The second-order valence-electron chi connectivity index (χ2n) is 21.7. The molecular formula is C46H84ClNO6Si3. The molecule has 0 aliphatic carbocycles. The molecule has 0 aliphatic rings. The summed E-state index contributed by atoms with van der Waals surface area (Å²) in [6, 6.07) is 5.81. The van der Waals surface area contributed by atoms with E-state index in [2.05, 4.69) is 133 Å². The van der Waals surface area contributed by atoms with Gasteiger partial charge in [0.1, 0.15) is 5.78 Å². The highest BCUT2D eigenvalue weighted by molar-refractivity contribution is 6.75. The number of carbonyl (C=O) groups is 2. The van der Waals surface area contributed by atoms with E-state index < -0.39 is 48.4 Å². The summed E-state index contributed by atoms with van der Waals surface area (Å²) in [5.74, 6) is -1.23. The number of nitrogens with zero attached hydrogens (tertiary/aromatic N) is 1. The molecule has 0 aliphatic heterocycles. The largest absolute Gasteiger partial charge is 0.481 e. The molecule has 0 aromatic carbocycles. The Labute approximate surface area is 358 Å². The molecular weight excluding hydrogens is 782 g/mol. The quantitative estimate of drug-likeness (QED) is 0.0916. The Bertz CT molecular complexity index is 1500. The van der Waals surface area contributed by atoms with Crippen molar-refractivity contribution in [3.05, 3.63) is 46.8 Å². The topological polar surface area (TPSA) is 95.0 Å². The van der Waals surface area contributed by atoms with Crippen molar-refractivity contribution in [3.63, 3.8) is 0 Å². The molecule has 0 saturated heterocycles. The number of Topliss-reactive ketones (excluding diaryl/α,β-unsaturated/α-hetero) is 1. The number of rotatable bonds is 22. The first-order valence-corrected chi connectivity index (χ1v) is 30.4. The van der Waals surface area contributed by atoms with Gasteiger partial charge in [0.2, 0.25) is 0 Å². The lowest BCUT2D eigenvalue weighted by Gasteiger charge is -2.47. The van der Waals surface area contributed by atoms with E-state index in [0.717, 1.165) is 25.0 Å². The van der Waals surface area contributed by atoms with Crippen molar-refractivity contribution in [2.24, 2.45) is 17.3 Å². The molecule has 0 fully saturated rings. The zero-order chi connectivity index (χ0) is 44.6. The summed E-state index contributed by atoms with van der Waals surface area (Å²) >= 11 is 7.00. The molecule has 1 heterocycles. The van der Waals surface area contributed by atoms with Gasteiger partial charge in [0.05, 0.1) is 30.4 Å². The smallest absolute Gasteiger partial charge is 0.305 e. The second kappa shape index (κ2) is 20.9. The van der Waals surface area contributed by atoms with Crippen LogP contribution in [0.15, 0.2) is 41.1 Å². The molecule has 11 heteroatoms. The number of aromatic nitrogens is 1. The Morgan fingerprint density at radius 3 is 1.81 bits per heavy atom. The van der Waals surface area contributed by atoms with Gasteiger partial charge in [0, 0.05) is 22.6 Å². The van der Waals surface area contributed by atoms with E-state index in [1.807, 2.05) is 38.1 Å². The number of carbonyl (C=O) groups excluding carboxylic acids is 1. The fourth-order valence-electron chi connectivity index (χ4n) is 6.17. The summed E-state index contributed by atoms with van der Waals surface area (Å²) in [7, 11) is -6.83. The summed E-state index contributed by atoms with van der Waals surface area (Å²) in [6.07, 6.45) is 8.43. The molecule has 0 radical (unpaired) electrons. The van der Waals surface area contributed by atoms with Crippen molar-refractivity contribution < 1.29 is 28.0 Å². The molecule has 1 N–H and O–H groups in total. The minimum Gasteiger partial charge on any atom is -0.481 e. The van der Waals surface area contributed by atoms with Gasteiger partial charge in [0.25, 0.3) is 0 Å². The summed E-state index contributed by atoms with van der Waals surface area (Å²) in [4.78, 5) is 31.6. The van der Waals surface area contributed by atoms with Crippen LogP contribution in [-0.2, 0) is 22.9 Å². The van der Waals surface area contributed by atoms with Gasteiger partial charge in [-0.1, -0.05) is 119 Å². The van der Waals surface area contributed by atoms with E-state index >= 15 is 0 Å². The summed E-state index contributed by atoms with van der Waals surface area (Å²) in [5.41, 5.74) is 1.06. The molecule has 57 heavy (non-hydrogen) atoms. The summed E-state index contributed by atoms with van der Waals surface area (Å²) in [5, 5.41) is 10.5. The van der Waals surface area contributed by atoms with Crippen molar-refractivity contribution in [2.75, 3.05) is 0 Å². The molecule has 1 aromatic rings. The Kier molecular flexibility index (Phi) is 19.7. The van der Waals surface area contributed by atoms with Gasteiger partial charge in [-0.3, -0.25) is 14.6 Å². The normalized spacial score (nSPS) is 17.2. The Balaban J connectivity index is 3.44. The number of hydrogen-bond donors (Lipinski definition) is 1. The van der Waals surface area contributed by atoms with Gasteiger partial charge in [0.15, 0.2) is 25.0 Å². The zero-order valence-corrected chi connectivity index (χ0v) is 43.7. The lowest BCUT2D eigenvalue weighted by Crippen LogP contribution is -2.54. The van der Waals surface area contributed by atoms with Gasteiger partial charge < -0.3 is 18.4 Å². The van der Waals surface area contributed by atoms with E-state index in [9.17, 15) is 14.7 Å². The fourth-order valence-corrected chi connectivity index (χ4v) is 10.7. The maximum atomic E-state index is 14.9. The summed E-state index contributed by atoms with van der Waals surface area (Å²) < 4.78 is 20.9. The maximum absolute atomic E-state index is 14.9. The first-order chi connectivity index (χ1) is 25.6. The average molecular weight is 867 g/mol. The van der Waals surface area contributed by atoms with Crippen LogP contribution in [0.3, 0.4) is 0 Å². The molecule has 0 bridgehead atoms. The van der Waals surface area contributed by atoms with Gasteiger partial charge >= 0.3 is 5.97 Å². The van der Waals surface area contributed by atoms with E-state index in [1.54, 1.807) is 6.20 Å². The van der Waals surface area contributed by atoms with Gasteiger partial charge in [-0.2, -0.15) is 0 Å². The van der Waals surface area contributed by atoms with Crippen molar-refractivity contribution in [2.45, 2.75) is 208 Å². The van der Waals surface area contributed by atoms with Crippen LogP contribution in [-0.4, -0.2) is 65.1 Å². The molecule has 7 nitrogen and oxygen atoms in total.